The van der Waals surface area contributed by atoms with Gasteiger partial charge in [0.05, 0.1) is 15.2 Å². The predicted molar refractivity (Wildman–Crippen MR) is 112 cm³/mol. The lowest BCUT2D eigenvalue weighted by Crippen LogP contribution is -2.50. The van der Waals surface area contributed by atoms with Crippen LogP contribution in [-0.4, -0.2) is 41.0 Å². The molecule has 1 aliphatic carbocycles. The van der Waals surface area contributed by atoms with E-state index in [0.717, 1.165) is 42.7 Å². The van der Waals surface area contributed by atoms with Crippen LogP contribution < -0.4 is 4.90 Å². The van der Waals surface area contributed by atoms with Gasteiger partial charge in [-0.1, -0.05) is 6.42 Å². The van der Waals surface area contributed by atoms with Crippen molar-refractivity contribution in [1.82, 2.24) is 9.88 Å². The minimum Gasteiger partial charge on any atom is -0.312 e. The van der Waals surface area contributed by atoms with E-state index in [9.17, 15) is 4.79 Å². The fourth-order valence-electron chi connectivity index (χ4n) is 5.08. The summed E-state index contributed by atoms with van der Waals surface area (Å²) in [6.07, 6.45) is 9.48. The number of likely N-dealkylation sites (tertiary alicyclic amines) is 1. The van der Waals surface area contributed by atoms with E-state index in [1.54, 1.807) is 0 Å². The van der Waals surface area contributed by atoms with E-state index in [0.29, 0.717) is 12.3 Å². The van der Waals surface area contributed by atoms with Crippen LogP contribution in [0.5, 0.6) is 0 Å². The molecule has 3 fully saturated rings. The lowest BCUT2D eigenvalue weighted by atomic mass is 9.78. The largest absolute Gasteiger partial charge is 0.312 e. The summed E-state index contributed by atoms with van der Waals surface area (Å²) in [7, 11) is 0. The molecule has 5 rings (SSSR count). The maximum Gasteiger partial charge on any atom is 0.226 e. The van der Waals surface area contributed by atoms with E-state index in [4.69, 9.17) is 4.98 Å². The Morgan fingerprint density at radius 1 is 1.11 bits per heavy atom. The fraction of sp³-hybridized carbons (Fsp3) is 0.636. The molecule has 2 aromatic rings. The van der Waals surface area contributed by atoms with Gasteiger partial charge in [0.15, 0.2) is 0 Å². The van der Waals surface area contributed by atoms with Crippen molar-refractivity contribution in [3.8, 4) is 0 Å². The molecule has 0 N–H and O–H groups in total. The van der Waals surface area contributed by atoms with Gasteiger partial charge in [0.1, 0.15) is 0 Å². The van der Waals surface area contributed by atoms with Crippen molar-refractivity contribution in [2.24, 2.45) is 0 Å². The lowest BCUT2D eigenvalue weighted by molar-refractivity contribution is -0.119. The highest BCUT2D eigenvalue weighted by atomic mass is 32.1. The van der Waals surface area contributed by atoms with Crippen LogP contribution in [0.1, 0.15) is 69.2 Å². The molecule has 1 aromatic carbocycles. The predicted octanol–water partition coefficient (Wildman–Crippen LogP) is 4.93. The number of hydrogen-bond donors (Lipinski definition) is 0. The number of carbonyl (C=O) groups is 1. The number of thiazole rings is 1. The van der Waals surface area contributed by atoms with Crippen molar-refractivity contribution in [1.29, 1.82) is 0 Å². The van der Waals surface area contributed by atoms with E-state index in [-0.39, 0.29) is 5.91 Å². The molecule has 3 aliphatic rings. The number of piperidine rings is 2. The summed E-state index contributed by atoms with van der Waals surface area (Å²) < 4.78 is 1.23. The van der Waals surface area contributed by atoms with Crippen molar-refractivity contribution in [3.63, 3.8) is 0 Å². The number of carbonyl (C=O) groups excluding carboxylic acids is 1. The highest BCUT2D eigenvalue weighted by Gasteiger charge is 2.38. The third-order valence-electron chi connectivity index (χ3n) is 6.81. The summed E-state index contributed by atoms with van der Waals surface area (Å²) >= 11 is 1.84. The van der Waals surface area contributed by atoms with E-state index in [1.807, 2.05) is 16.2 Å². The molecular weight excluding hydrogens is 354 g/mol. The Morgan fingerprint density at radius 3 is 2.78 bits per heavy atom. The summed E-state index contributed by atoms with van der Waals surface area (Å²) in [6, 6.07) is 7.88. The first-order valence-corrected chi connectivity index (χ1v) is 11.5. The Labute approximate surface area is 165 Å². The van der Waals surface area contributed by atoms with Crippen LogP contribution in [-0.2, 0) is 4.79 Å². The molecule has 1 aromatic heterocycles. The van der Waals surface area contributed by atoms with Crippen molar-refractivity contribution in [3.05, 3.63) is 23.2 Å². The lowest BCUT2D eigenvalue weighted by Gasteiger charge is -2.47. The summed E-state index contributed by atoms with van der Waals surface area (Å²) in [6.45, 7) is 4.54. The van der Waals surface area contributed by atoms with Gasteiger partial charge in [-0.05, 0) is 70.2 Å². The summed E-state index contributed by atoms with van der Waals surface area (Å²) in [5.74, 6) is 0.893. The molecule has 2 saturated heterocycles. The molecular formula is C22H29N3OS. The van der Waals surface area contributed by atoms with Crippen LogP contribution in [0.15, 0.2) is 18.2 Å². The first kappa shape index (κ1) is 17.6. The van der Waals surface area contributed by atoms with E-state index < -0.39 is 0 Å². The second-order valence-corrected chi connectivity index (χ2v) is 9.67. The molecule has 3 heterocycles. The summed E-state index contributed by atoms with van der Waals surface area (Å²) in [5, 5.41) is 1.30. The van der Waals surface area contributed by atoms with E-state index in [2.05, 4.69) is 30.0 Å². The molecule has 5 heteroatoms. The first-order chi connectivity index (χ1) is 13.2. The highest BCUT2D eigenvalue weighted by molar-refractivity contribution is 7.18. The third-order valence-corrected chi connectivity index (χ3v) is 7.99. The number of aromatic nitrogens is 1. The molecule has 2 aliphatic heterocycles. The SMILES string of the molecule is C[C@H]1CCCCN1[C@H]1C[C@H](c2nc3ccc(N4CCCCC4=O)cc3s2)C1. The Bertz CT molecular complexity index is 841. The fourth-order valence-corrected chi connectivity index (χ4v) is 6.20. The molecule has 0 spiro atoms. The van der Waals surface area contributed by atoms with Gasteiger partial charge in [0, 0.05) is 36.7 Å². The number of nitrogens with zero attached hydrogens (tertiary/aromatic N) is 3. The topological polar surface area (TPSA) is 36.4 Å². The first-order valence-electron chi connectivity index (χ1n) is 10.7. The highest BCUT2D eigenvalue weighted by Crippen LogP contribution is 2.44. The maximum absolute atomic E-state index is 12.2. The monoisotopic (exact) mass is 383 g/mol. The molecule has 0 bridgehead atoms. The Balaban J connectivity index is 1.30. The number of fused-ring (bicyclic) bond motifs is 1. The minimum absolute atomic E-state index is 0.267. The number of rotatable bonds is 3. The average molecular weight is 384 g/mol. The van der Waals surface area contributed by atoms with Crippen LogP contribution in [0, 0.1) is 0 Å². The Hall–Kier alpha value is -1.46. The third kappa shape index (κ3) is 3.29. The van der Waals surface area contributed by atoms with Crippen molar-refractivity contribution in [2.45, 2.75) is 76.3 Å². The zero-order chi connectivity index (χ0) is 18.4. The van der Waals surface area contributed by atoms with Gasteiger partial charge in [-0.25, -0.2) is 4.98 Å². The number of anilines is 1. The standard InChI is InChI=1S/C22H29N3OS/c1-15-6-2-4-10-24(15)18-12-16(13-18)22-23-19-9-8-17(14-20(19)27-22)25-11-5-3-7-21(25)26/h8-9,14-16,18H,2-7,10-13H2,1H3/t15-,16-,18-/m0/s1. The average Bonchev–Trinajstić information content (AvgIpc) is 3.05. The molecule has 27 heavy (non-hydrogen) atoms. The van der Waals surface area contributed by atoms with Crippen molar-refractivity contribution < 1.29 is 4.79 Å². The molecule has 144 valence electrons. The van der Waals surface area contributed by atoms with Gasteiger partial charge in [-0.3, -0.25) is 9.69 Å². The number of hydrogen-bond acceptors (Lipinski definition) is 4. The van der Waals surface area contributed by atoms with Crippen molar-refractivity contribution >= 4 is 33.1 Å². The molecule has 0 radical (unpaired) electrons. The number of amides is 1. The minimum atomic E-state index is 0.267. The molecule has 1 atom stereocenters. The summed E-state index contributed by atoms with van der Waals surface area (Å²) in [4.78, 5) is 21.9. The van der Waals surface area contributed by atoms with Crippen LogP contribution in [0.3, 0.4) is 0 Å². The van der Waals surface area contributed by atoms with Gasteiger partial charge < -0.3 is 4.90 Å². The molecule has 1 saturated carbocycles. The Kier molecular flexibility index (Phi) is 4.68. The number of benzene rings is 1. The van der Waals surface area contributed by atoms with Crippen molar-refractivity contribution in [2.75, 3.05) is 18.0 Å². The smallest absolute Gasteiger partial charge is 0.226 e. The van der Waals surface area contributed by atoms with Gasteiger partial charge >= 0.3 is 0 Å². The second kappa shape index (κ2) is 7.17. The van der Waals surface area contributed by atoms with Crippen LogP contribution >= 0.6 is 11.3 Å². The maximum atomic E-state index is 12.2. The van der Waals surface area contributed by atoms with Gasteiger partial charge in [0.25, 0.3) is 0 Å². The molecule has 1 amide bonds. The normalized spacial score (nSPS) is 29.9. The molecule has 4 nitrogen and oxygen atoms in total. The zero-order valence-corrected chi connectivity index (χ0v) is 17.0. The Morgan fingerprint density at radius 2 is 1.96 bits per heavy atom. The van der Waals surface area contributed by atoms with Gasteiger partial charge in [-0.15, -0.1) is 11.3 Å². The summed E-state index contributed by atoms with van der Waals surface area (Å²) in [5.41, 5.74) is 2.15. The van der Waals surface area contributed by atoms with E-state index >= 15 is 0 Å². The van der Waals surface area contributed by atoms with Gasteiger partial charge in [-0.2, -0.15) is 0 Å². The van der Waals surface area contributed by atoms with Crippen LogP contribution in [0.25, 0.3) is 10.2 Å². The quantitative estimate of drug-likeness (QED) is 0.754. The van der Waals surface area contributed by atoms with Crippen LogP contribution in [0.4, 0.5) is 5.69 Å². The van der Waals surface area contributed by atoms with Crippen LogP contribution in [0.2, 0.25) is 0 Å². The molecule has 0 unspecified atom stereocenters. The van der Waals surface area contributed by atoms with E-state index in [1.165, 1.54) is 48.4 Å². The second-order valence-electron chi connectivity index (χ2n) is 8.61. The van der Waals surface area contributed by atoms with Gasteiger partial charge in [0.2, 0.25) is 5.91 Å². The zero-order valence-electron chi connectivity index (χ0n) is 16.2.